The molecule has 1 aliphatic rings. The average molecular weight is 264 g/mol. The predicted molar refractivity (Wildman–Crippen MR) is 80.2 cm³/mol. The van der Waals surface area contributed by atoms with Crippen molar-refractivity contribution in [3.05, 3.63) is 29.8 Å². The van der Waals surface area contributed by atoms with Gasteiger partial charge in [-0.1, -0.05) is 12.1 Å². The summed E-state index contributed by atoms with van der Waals surface area (Å²) in [4.78, 5) is 3.65. The van der Waals surface area contributed by atoms with Crippen molar-refractivity contribution in [3.8, 4) is 0 Å². The van der Waals surface area contributed by atoms with Gasteiger partial charge >= 0.3 is 0 Å². The maximum Gasteiger partial charge on any atom is 0.0208 e. The Kier molecular flexibility index (Phi) is 5.54. The molecule has 0 aliphatic heterocycles. The molecule has 18 heavy (non-hydrogen) atoms. The molecule has 0 atom stereocenters. The number of hydrogen-bond acceptors (Lipinski definition) is 3. The zero-order chi connectivity index (χ0) is 12.8. The molecule has 2 nitrogen and oxygen atoms in total. The lowest BCUT2D eigenvalue weighted by atomic mass is 10.2. The van der Waals surface area contributed by atoms with Crippen molar-refractivity contribution in [1.29, 1.82) is 0 Å². The summed E-state index contributed by atoms with van der Waals surface area (Å²) < 4.78 is 0. The van der Waals surface area contributed by atoms with Crippen molar-refractivity contribution >= 4 is 11.8 Å². The van der Waals surface area contributed by atoms with Crippen molar-refractivity contribution in [2.75, 3.05) is 26.4 Å². The van der Waals surface area contributed by atoms with E-state index in [1.165, 1.54) is 42.0 Å². The zero-order valence-corrected chi connectivity index (χ0v) is 12.3. The number of rotatable bonds is 8. The first-order chi connectivity index (χ1) is 8.74. The Hall–Kier alpha value is -0.510. The fourth-order valence-corrected chi connectivity index (χ4v) is 2.78. The van der Waals surface area contributed by atoms with Crippen molar-refractivity contribution in [2.45, 2.75) is 36.7 Å². The molecule has 100 valence electrons. The van der Waals surface area contributed by atoms with Crippen LogP contribution in [0.4, 0.5) is 0 Å². The number of thioether (sulfide) groups is 1. The molecule has 0 bridgehead atoms. The summed E-state index contributed by atoms with van der Waals surface area (Å²) in [6, 6.07) is 9.75. The Balaban J connectivity index is 1.71. The van der Waals surface area contributed by atoms with Crippen LogP contribution in [0.1, 0.15) is 24.8 Å². The lowest BCUT2D eigenvalue weighted by Crippen LogP contribution is -2.15. The summed E-state index contributed by atoms with van der Waals surface area (Å²) in [5.74, 6) is 1.21. The Morgan fingerprint density at radius 2 is 2.17 bits per heavy atom. The van der Waals surface area contributed by atoms with Gasteiger partial charge in [-0.2, -0.15) is 0 Å². The third-order valence-electron chi connectivity index (χ3n) is 3.09. The maximum absolute atomic E-state index is 3.57. The number of nitrogens with one attached hydrogen (secondary N) is 1. The highest BCUT2D eigenvalue weighted by Crippen LogP contribution is 2.22. The number of nitrogens with zero attached hydrogens (tertiary/aromatic N) is 1. The van der Waals surface area contributed by atoms with Gasteiger partial charge in [0.1, 0.15) is 0 Å². The van der Waals surface area contributed by atoms with Crippen molar-refractivity contribution in [2.24, 2.45) is 0 Å². The molecular weight excluding hydrogens is 240 g/mol. The molecule has 0 radical (unpaired) electrons. The molecule has 1 N–H and O–H groups in total. The van der Waals surface area contributed by atoms with Crippen LogP contribution in [-0.4, -0.2) is 37.3 Å². The van der Waals surface area contributed by atoms with Gasteiger partial charge in [0.2, 0.25) is 0 Å². The fourth-order valence-electron chi connectivity index (χ4n) is 1.87. The molecule has 1 aliphatic carbocycles. The van der Waals surface area contributed by atoms with Gasteiger partial charge in [0.05, 0.1) is 0 Å². The van der Waals surface area contributed by atoms with Gasteiger partial charge in [-0.05, 0) is 63.4 Å². The highest BCUT2D eigenvalue weighted by molar-refractivity contribution is 7.99. The third-order valence-corrected chi connectivity index (χ3v) is 4.17. The SMILES string of the molecule is CN(C)CCCSc1cccc(CNC2CC2)c1. The van der Waals surface area contributed by atoms with Crippen molar-refractivity contribution < 1.29 is 0 Å². The van der Waals surface area contributed by atoms with Gasteiger partial charge in [-0.15, -0.1) is 11.8 Å². The average Bonchev–Trinajstić information content (AvgIpc) is 3.17. The van der Waals surface area contributed by atoms with Crippen molar-refractivity contribution in [1.82, 2.24) is 10.2 Å². The second kappa shape index (κ2) is 7.17. The second-order valence-electron chi connectivity index (χ2n) is 5.31. The molecule has 3 heteroatoms. The van der Waals surface area contributed by atoms with Gasteiger partial charge in [0.25, 0.3) is 0 Å². The van der Waals surface area contributed by atoms with E-state index in [9.17, 15) is 0 Å². The summed E-state index contributed by atoms with van der Waals surface area (Å²) in [5.41, 5.74) is 1.42. The van der Waals surface area contributed by atoms with Crippen molar-refractivity contribution in [3.63, 3.8) is 0 Å². The van der Waals surface area contributed by atoms with Gasteiger partial charge in [-0.3, -0.25) is 0 Å². The van der Waals surface area contributed by atoms with Gasteiger partial charge in [-0.25, -0.2) is 0 Å². The Labute approximate surface area is 115 Å². The third kappa shape index (κ3) is 5.42. The van der Waals surface area contributed by atoms with E-state index in [0.29, 0.717) is 0 Å². The van der Waals surface area contributed by atoms with E-state index in [2.05, 4.69) is 48.6 Å². The molecule has 0 spiro atoms. The van der Waals surface area contributed by atoms with Crippen LogP contribution < -0.4 is 5.32 Å². The summed E-state index contributed by atoms with van der Waals surface area (Å²) >= 11 is 1.97. The van der Waals surface area contributed by atoms with E-state index >= 15 is 0 Å². The molecule has 0 saturated heterocycles. The highest BCUT2D eigenvalue weighted by Gasteiger charge is 2.19. The van der Waals surface area contributed by atoms with Crippen LogP contribution in [0.25, 0.3) is 0 Å². The van der Waals surface area contributed by atoms with Gasteiger partial charge in [0.15, 0.2) is 0 Å². The lowest BCUT2D eigenvalue weighted by molar-refractivity contribution is 0.410. The summed E-state index contributed by atoms with van der Waals surface area (Å²) in [7, 11) is 4.27. The van der Waals surface area contributed by atoms with Crippen LogP contribution in [0.2, 0.25) is 0 Å². The first-order valence-electron chi connectivity index (χ1n) is 6.84. The van der Waals surface area contributed by atoms with Crippen LogP contribution in [0.5, 0.6) is 0 Å². The van der Waals surface area contributed by atoms with Crippen LogP contribution >= 0.6 is 11.8 Å². The molecule has 1 fully saturated rings. The van der Waals surface area contributed by atoms with Crippen LogP contribution in [0.3, 0.4) is 0 Å². The normalized spacial score (nSPS) is 15.3. The van der Waals surface area contributed by atoms with E-state index < -0.39 is 0 Å². The molecule has 1 saturated carbocycles. The molecule has 0 aromatic heterocycles. The molecule has 1 aromatic carbocycles. The highest BCUT2D eigenvalue weighted by atomic mass is 32.2. The van der Waals surface area contributed by atoms with E-state index in [1.54, 1.807) is 0 Å². The summed E-state index contributed by atoms with van der Waals surface area (Å²) in [6.45, 7) is 2.20. The quantitative estimate of drug-likeness (QED) is 0.574. The molecule has 2 rings (SSSR count). The first kappa shape index (κ1) is 13.9. The van der Waals surface area contributed by atoms with E-state index in [1.807, 2.05) is 11.8 Å². The van der Waals surface area contributed by atoms with E-state index in [0.717, 1.165) is 12.6 Å². The zero-order valence-electron chi connectivity index (χ0n) is 11.5. The Morgan fingerprint density at radius 1 is 1.33 bits per heavy atom. The van der Waals surface area contributed by atoms with Gasteiger partial charge in [0, 0.05) is 17.5 Å². The maximum atomic E-state index is 3.57. The Bertz CT molecular complexity index is 361. The summed E-state index contributed by atoms with van der Waals surface area (Å²) in [5, 5.41) is 3.57. The minimum absolute atomic E-state index is 0.793. The van der Waals surface area contributed by atoms with Crippen LogP contribution in [-0.2, 0) is 6.54 Å². The van der Waals surface area contributed by atoms with E-state index in [4.69, 9.17) is 0 Å². The molecule has 1 aromatic rings. The number of hydrogen-bond donors (Lipinski definition) is 1. The minimum Gasteiger partial charge on any atom is -0.310 e. The predicted octanol–water partition coefficient (Wildman–Crippen LogP) is 2.98. The second-order valence-corrected chi connectivity index (χ2v) is 6.48. The minimum atomic E-state index is 0.793. The van der Waals surface area contributed by atoms with E-state index in [-0.39, 0.29) is 0 Å². The topological polar surface area (TPSA) is 15.3 Å². The molecule has 0 amide bonds. The smallest absolute Gasteiger partial charge is 0.0208 e. The standard InChI is InChI=1S/C15H24N2S/c1-17(2)9-4-10-18-15-6-3-5-13(11-15)12-16-14-7-8-14/h3,5-6,11,14,16H,4,7-10,12H2,1-2H3. The molecular formula is C15H24N2S. The monoisotopic (exact) mass is 264 g/mol. The summed E-state index contributed by atoms with van der Waals surface area (Å²) in [6.07, 6.45) is 3.97. The molecule has 0 heterocycles. The lowest BCUT2D eigenvalue weighted by Gasteiger charge is -2.09. The first-order valence-corrected chi connectivity index (χ1v) is 7.82. The van der Waals surface area contributed by atoms with Crippen LogP contribution in [0.15, 0.2) is 29.2 Å². The number of benzene rings is 1. The Morgan fingerprint density at radius 3 is 2.89 bits per heavy atom. The fraction of sp³-hybridized carbons (Fsp3) is 0.600. The van der Waals surface area contributed by atoms with Gasteiger partial charge < -0.3 is 10.2 Å². The molecule has 0 unspecified atom stereocenters. The largest absolute Gasteiger partial charge is 0.310 e. The van der Waals surface area contributed by atoms with Crippen LogP contribution in [0, 0.1) is 0 Å².